The number of halogens is 1. The van der Waals surface area contributed by atoms with Crippen LogP contribution in [0.1, 0.15) is 24.8 Å². The Labute approximate surface area is 186 Å². The van der Waals surface area contributed by atoms with Crippen LogP contribution in [0.25, 0.3) is 22.4 Å². The third kappa shape index (κ3) is 3.81. The van der Waals surface area contributed by atoms with E-state index in [4.69, 9.17) is 9.26 Å². The molecule has 1 aliphatic heterocycles. The van der Waals surface area contributed by atoms with Gasteiger partial charge in [0, 0.05) is 40.9 Å². The van der Waals surface area contributed by atoms with Crippen molar-refractivity contribution >= 4 is 33.1 Å². The van der Waals surface area contributed by atoms with E-state index in [-0.39, 0.29) is 12.7 Å². The molecule has 1 unspecified atom stereocenters. The van der Waals surface area contributed by atoms with Crippen molar-refractivity contribution in [3.8, 4) is 11.4 Å². The zero-order valence-electron chi connectivity index (χ0n) is 16.8. The maximum Gasteiger partial charge on any atom is 0.410 e. The molecule has 8 nitrogen and oxygen atoms in total. The molecule has 1 aromatic carbocycles. The van der Waals surface area contributed by atoms with Crippen LogP contribution in [-0.2, 0) is 16.8 Å². The number of hydrogen-bond acceptors (Lipinski definition) is 6. The van der Waals surface area contributed by atoms with Crippen LogP contribution in [0.4, 0.5) is 4.79 Å². The summed E-state index contributed by atoms with van der Waals surface area (Å²) in [5.41, 5.74) is 2.10. The first kappa shape index (κ1) is 19.7. The van der Waals surface area contributed by atoms with Gasteiger partial charge in [-0.1, -0.05) is 35.5 Å². The topological polar surface area (TPSA) is 97.1 Å². The van der Waals surface area contributed by atoms with Gasteiger partial charge in [0.15, 0.2) is 0 Å². The first-order valence-electron chi connectivity index (χ1n) is 9.95. The van der Waals surface area contributed by atoms with E-state index < -0.39 is 5.41 Å². The molecule has 5 rings (SSSR count). The van der Waals surface area contributed by atoms with Gasteiger partial charge >= 0.3 is 6.09 Å². The average Bonchev–Trinajstić information content (AvgIpc) is 3.51. The van der Waals surface area contributed by atoms with Crippen molar-refractivity contribution in [1.82, 2.24) is 25.0 Å². The molecule has 1 amide bonds. The molecule has 0 bridgehead atoms. The van der Waals surface area contributed by atoms with Crippen molar-refractivity contribution in [2.24, 2.45) is 0 Å². The number of rotatable bonds is 4. The number of hydrogen-bond donors (Lipinski definition) is 1. The third-order valence-electron chi connectivity index (χ3n) is 5.62. The number of fused-ring (bicyclic) bond motifs is 1. The molecule has 158 valence electrons. The maximum atomic E-state index is 12.5. The molecule has 1 aliphatic rings. The fraction of sp³-hybridized carbons (Fsp3) is 0.273. The minimum Gasteiger partial charge on any atom is -0.445 e. The highest BCUT2D eigenvalue weighted by Crippen LogP contribution is 2.35. The molecule has 31 heavy (non-hydrogen) atoms. The van der Waals surface area contributed by atoms with Gasteiger partial charge in [-0.2, -0.15) is 4.98 Å². The van der Waals surface area contributed by atoms with Crippen LogP contribution in [0.2, 0.25) is 0 Å². The Morgan fingerprint density at radius 1 is 1.35 bits per heavy atom. The largest absolute Gasteiger partial charge is 0.445 e. The Bertz CT molecular complexity index is 1240. The standard InChI is InChI=1S/C22H20BrN5O3/c1-22(7-8-28(13-22)21(29)30-12-14-5-3-2-4-6-14)20-26-19(27-31-20)17-11-25-18-16(17)9-15(23)10-24-18/h2-6,9-11H,7-8,12-13H2,1H3,(H,24,25). The van der Waals surface area contributed by atoms with Crippen molar-refractivity contribution in [2.75, 3.05) is 13.1 Å². The first-order chi connectivity index (χ1) is 15.0. The highest BCUT2D eigenvalue weighted by atomic mass is 79.9. The molecule has 0 spiro atoms. The van der Waals surface area contributed by atoms with Gasteiger partial charge in [-0.3, -0.25) is 0 Å². The lowest BCUT2D eigenvalue weighted by Crippen LogP contribution is -2.33. The molecular formula is C22H20BrN5O3. The Balaban J connectivity index is 1.30. The number of carbonyl (C=O) groups excluding carboxylic acids is 1. The van der Waals surface area contributed by atoms with Crippen molar-refractivity contribution in [3.63, 3.8) is 0 Å². The first-order valence-corrected chi connectivity index (χ1v) is 10.7. The summed E-state index contributed by atoms with van der Waals surface area (Å²) in [6, 6.07) is 11.6. The summed E-state index contributed by atoms with van der Waals surface area (Å²) >= 11 is 3.45. The number of aromatic amines is 1. The number of amides is 1. The maximum absolute atomic E-state index is 12.5. The van der Waals surface area contributed by atoms with Gasteiger partial charge in [0.25, 0.3) is 0 Å². The van der Waals surface area contributed by atoms with E-state index in [9.17, 15) is 4.79 Å². The van der Waals surface area contributed by atoms with Crippen molar-refractivity contribution in [2.45, 2.75) is 25.4 Å². The van der Waals surface area contributed by atoms with Gasteiger partial charge in [0.1, 0.15) is 12.3 Å². The molecule has 1 saturated heterocycles. The molecule has 0 aliphatic carbocycles. The highest BCUT2D eigenvalue weighted by molar-refractivity contribution is 9.10. The minimum absolute atomic E-state index is 0.252. The van der Waals surface area contributed by atoms with E-state index in [0.29, 0.717) is 24.8 Å². The Morgan fingerprint density at radius 3 is 3.03 bits per heavy atom. The summed E-state index contributed by atoms with van der Waals surface area (Å²) in [6.45, 7) is 3.32. The number of likely N-dealkylation sites (tertiary alicyclic amines) is 1. The molecule has 0 saturated carbocycles. The van der Waals surface area contributed by atoms with E-state index in [1.165, 1.54) is 0 Å². The fourth-order valence-corrected chi connectivity index (χ4v) is 4.17. The number of nitrogens with one attached hydrogen (secondary N) is 1. The van der Waals surface area contributed by atoms with E-state index in [1.807, 2.05) is 49.5 Å². The SMILES string of the molecule is CC1(c2nc(-c3c[nH]c4ncc(Br)cc34)no2)CCN(C(=O)OCc2ccccc2)C1. The molecule has 4 heterocycles. The fourth-order valence-electron chi connectivity index (χ4n) is 3.84. The van der Waals surface area contributed by atoms with E-state index in [2.05, 4.69) is 36.0 Å². The zero-order chi connectivity index (χ0) is 21.4. The van der Waals surface area contributed by atoms with Crippen molar-refractivity contribution < 1.29 is 14.1 Å². The molecule has 4 aromatic rings. The second-order valence-electron chi connectivity index (χ2n) is 7.95. The van der Waals surface area contributed by atoms with Gasteiger partial charge < -0.3 is 19.1 Å². The molecular weight excluding hydrogens is 462 g/mol. The van der Waals surface area contributed by atoms with Gasteiger partial charge in [-0.05, 0) is 40.9 Å². The lowest BCUT2D eigenvalue weighted by Gasteiger charge is -2.20. The molecule has 1 fully saturated rings. The summed E-state index contributed by atoms with van der Waals surface area (Å²) in [7, 11) is 0. The van der Waals surface area contributed by atoms with E-state index in [1.54, 1.807) is 11.1 Å². The summed E-state index contributed by atoms with van der Waals surface area (Å²) in [5, 5.41) is 5.10. The predicted octanol–water partition coefficient (Wildman–Crippen LogP) is 4.68. The number of benzene rings is 1. The smallest absolute Gasteiger partial charge is 0.410 e. The zero-order valence-corrected chi connectivity index (χ0v) is 18.4. The van der Waals surface area contributed by atoms with Crippen molar-refractivity contribution in [1.29, 1.82) is 0 Å². The predicted molar refractivity (Wildman–Crippen MR) is 117 cm³/mol. The monoisotopic (exact) mass is 481 g/mol. The molecule has 0 radical (unpaired) electrons. The summed E-state index contributed by atoms with van der Waals surface area (Å²) in [5.74, 6) is 1.01. The van der Waals surface area contributed by atoms with Gasteiger partial charge in [0.05, 0.1) is 5.41 Å². The van der Waals surface area contributed by atoms with Gasteiger partial charge in [-0.25, -0.2) is 9.78 Å². The number of ether oxygens (including phenoxy) is 1. The van der Waals surface area contributed by atoms with Gasteiger partial charge in [-0.15, -0.1) is 0 Å². The lowest BCUT2D eigenvalue weighted by molar-refractivity contribution is 0.102. The Kier molecular flexibility index (Phi) is 4.97. The van der Waals surface area contributed by atoms with Crippen LogP contribution in [0, 0.1) is 0 Å². The second-order valence-corrected chi connectivity index (χ2v) is 8.86. The average molecular weight is 482 g/mol. The normalized spacial score (nSPS) is 18.6. The van der Waals surface area contributed by atoms with Crippen LogP contribution in [-0.4, -0.2) is 44.2 Å². The molecule has 1 N–H and O–H groups in total. The van der Waals surface area contributed by atoms with Crippen LogP contribution >= 0.6 is 15.9 Å². The van der Waals surface area contributed by atoms with Crippen molar-refractivity contribution in [3.05, 3.63) is 64.7 Å². The third-order valence-corrected chi connectivity index (χ3v) is 6.05. The molecule has 9 heteroatoms. The van der Waals surface area contributed by atoms with Crippen LogP contribution in [0.5, 0.6) is 0 Å². The number of H-pyrrole nitrogens is 1. The quantitative estimate of drug-likeness (QED) is 0.454. The highest BCUT2D eigenvalue weighted by Gasteiger charge is 2.42. The number of aromatic nitrogens is 4. The van der Waals surface area contributed by atoms with Gasteiger partial charge in [0.2, 0.25) is 11.7 Å². The van der Waals surface area contributed by atoms with Crippen LogP contribution in [0.15, 0.2) is 57.8 Å². The van der Waals surface area contributed by atoms with Crippen LogP contribution in [0.3, 0.4) is 0 Å². The lowest BCUT2D eigenvalue weighted by atomic mass is 9.90. The summed E-state index contributed by atoms with van der Waals surface area (Å²) in [6.07, 6.45) is 3.94. The number of pyridine rings is 1. The van der Waals surface area contributed by atoms with E-state index >= 15 is 0 Å². The Morgan fingerprint density at radius 2 is 2.19 bits per heavy atom. The second kappa shape index (κ2) is 7.81. The van der Waals surface area contributed by atoms with Crippen LogP contribution < -0.4 is 0 Å². The molecule has 3 aromatic heterocycles. The number of carbonyl (C=O) groups is 1. The number of nitrogens with zero attached hydrogens (tertiary/aromatic N) is 4. The minimum atomic E-state index is -0.429. The summed E-state index contributed by atoms with van der Waals surface area (Å²) < 4.78 is 12.0. The molecule has 1 atom stereocenters. The van der Waals surface area contributed by atoms with E-state index in [0.717, 1.165) is 33.1 Å². The Hall–Kier alpha value is -3.20. The summed E-state index contributed by atoms with van der Waals surface area (Å²) in [4.78, 5) is 26.4.